The summed E-state index contributed by atoms with van der Waals surface area (Å²) in [5.74, 6) is 0. The van der Waals surface area contributed by atoms with Crippen molar-refractivity contribution in [2.45, 2.75) is 0 Å². The van der Waals surface area contributed by atoms with Crippen LogP contribution in [0.2, 0.25) is 0 Å². The molecule has 35 valence electrons. The van der Waals surface area contributed by atoms with Crippen LogP contribution in [0, 0.1) is 0 Å². The van der Waals surface area contributed by atoms with Crippen molar-refractivity contribution in [2.75, 3.05) is 0 Å². The standard InChI is InChI=1S/Co.Fe.Mo.O.W. The summed E-state index contributed by atoms with van der Waals surface area (Å²) in [5.41, 5.74) is 0. The fourth-order valence-electron chi connectivity index (χ4n) is 0. The van der Waals surface area contributed by atoms with Gasteiger partial charge >= 0.3 is 23.2 Å². The summed E-state index contributed by atoms with van der Waals surface area (Å²) in [6.45, 7) is 0. The first-order chi connectivity index (χ1) is 1.00. The first kappa shape index (κ1) is 27.0. The predicted molar refractivity (Wildman–Crippen MR) is 0.686 cm³/mol. The Morgan fingerprint density at radius 1 is 1.20 bits per heavy atom. The molecule has 0 saturated carbocycles. The molecule has 0 rings (SSSR count). The van der Waals surface area contributed by atoms with Crippen molar-refractivity contribution >= 4 is 0 Å². The molecule has 1 radical (unpaired) electrons. The Morgan fingerprint density at radius 2 is 1.20 bits per heavy atom. The fourth-order valence-corrected chi connectivity index (χ4v) is 0. The van der Waals surface area contributed by atoms with Crippen LogP contribution in [0.5, 0.6) is 0 Å². The molecule has 0 unspecified atom stereocenters. The van der Waals surface area contributed by atoms with Crippen LogP contribution in [-0.2, 0) is 78.1 Å². The van der Waals surface area contributed by atoms with E-state index in [1.54, 1.807) is 0 Å². The number of rotatable bonds is 0. The van der Waals surface area contributed by atoms with Gasteiger partial charge in [-0.25, -0.2) is 0 Å². The van der Waals surface area contributed by atoms with E-state index in [1.807, 2.05) is 0 Å². The monoisotopic (exact) mass is 413 g/mol. The Bertz CT molecular complexity index is 11.6. The molecule has 5 heteroatoms. The van der Waals surface area contributed by atoms with Crippen molar-refractivity contribution in [1.82, 2.24) is 0 Å². The third kappa shape index (κ3) is 22.6. The van der Waals surface area contributed by atoms with E-state index < -0.39 is 0 Å². The average molecular weight is 411 g/mol. The van der Waals surface area contributed by atoms with Gasteiger partial charge in [-0.1, -0.05) is 0 Å². The summed E-state index contributed by atoms with van der Waals surface area (Å²) < 4.78 is 8.33. The van der Waals surface area contributed by atoms with Crippen LogP contribution in [0.25, 0.3) is 0 Å². The number of hydrogen-bond donors (Lipinski definition) is 0. The van der Waals surface area contributed by atoms with Crippen molar-refractivity contribution in [3.8, 4) is 0 Å². The van der Waals surface area contributed by atoms with Crippen molar-refractivity contribution in [3.63, 3.8) is 0 Å². The van der Waals surface area contributed by atoms with Gasteiger partial charge in [0.1, 0.15) is 0 Å². The molecule has 0 aromatic carbocycles. The van der Waals surface area contributed by atoms with Crippen molar-refractivity contribution in [1.29, 1.82) is 0 Å². The van der Waals surface area contributed by atoms with Crippen LogP contribution >= 0.6 is 0 Å². The molecule has 0 aliphatic heterocycles. The second kappa shape index (κ2) is 34.6. The zero-order valence-electron chi connectivity index (χ0n) is 1.91. The molecule has 5 heavy (non-hydrogen) atoms. The first-order valence-corrected chi connectivity index (χ1v) is 1.36. The second-order valence-electron chi connectivity index (χ2n) is 0. The molecule has 0 amide bonds. The van der Waals surface area contributed by atoms with Gasteiger partial charge in [0.15, 0.2) is 0 Å². The molecule has 0 fully saturated rings. The molecular weight excluding hydrogens is 411 g/mol. The molecule has 1 nitrogen and oxygen atoms in total. The Kier molecular flexibility index (Phi) is 187. The summed E-state index contributed by atoms with van der Waals surface area (Å²) in [5, 5.41) is 0. The maximum atomic E-state index is 8.33. The molecule has 0 aliphatic rings. The Balaban J connectivity index is -0.00000000167. The summed E-state index contributed by atoms with van der Waals surface area (Å²) in [4.78, 5) is 0. The molecule has 0 saturated heterocycles. The topological polar surface area (TPSA) is 17.1 Å². The van der Waals surface area contributed by atoms with Gasteiger partial charge in [0, 0.05) is 54.9 Å². The van der Waals surface area contributed by atoms with E-state index in [9.17, 15) is 0 Å². The van der Waals surface area contributed by atoms with E-state index in [4.69, 9.17) is 3.40 Å². The molecule has 0 spiro atoms. The molecule has 0 aromatic rings. The third-order valence-electron chi connectivity index (χ3n) is 0. The Hall–Kier alpha value is 2.20. The van der Waals surface area contributed by atoms with Crippen LogP contribution < -0.4 is 0 Å². The van der Waals surface area contributed by atoms with E-state index >= 15 is 0 Å². The molecule has 0 bridgehead atoms. The second-order valence-corrected chi connectivity index (χ2v) is 0. The molecule has 0 aliphatic carbocycles. The fraction of sp³-hybridized carbons (Fsp3) is 0. The summed E-state index contributed by atoms with van der Waals surface area (Å²) in [6, 6.07) is 0. The minimum atomic E-state index is 0. The van der Waals surface area contributed by atoms with Crippen LogP contribution in [-0.4, -0.2) is 0 Å². The molecule has 0 aromatic heterocycles. The Morgan fingerprint density at radius 3 is 1.20 bits per heavy atom. The predicted octanol–water partition coefficient (Wildman–Crippen LogP) is -0.129. The maximum absolute atomic E-state index is 8.33. The van der Waals surface area contributed by atoms with E-state index in [2.05, 4.69) is 0 Å². The zero-order valence-corrected chi connectivity index (χ0v) is 9.00. The van der Waals surface area contributed by atoms with E-state index in [0.29, 0.717) is 19.8 Å². The van der Waals surface area contributed by atoms with Gasteiger partial charge in [-0.2, -0.15) is 0 Å². The van der Waals surface area contributed by atoms with Crippen LogP contribution in [0.15, 0.2) is 0 Å². The normalized spacial score (nSPS) is 0.800. The van der Waals surface area contributed by atoms with Crippen LogP contribution in [0.3, 0.4) is 0 Å². The number of hydrogen-bond acceptors (Lipinski definition) is 1. The van der Waals surface area contributed by atoms with Gasteiger partial charge in [0.2, 0.25) is 0 Å². The average Bonchev–Trinajstić information content (AvgIpc) is 1.00. The molecule has 0 atom stereocenters. The summed E-state index contributed by atoms with van der Waals surface area (Å²) in [7, 11) is 0. The van der Waals surface area contributed by atoms with E-state index in [0.717, 1.165) is 0 Å². The first-order valence-electron chi connectivity index (χ1n) is 0.167. The van der Waals surface area contributed by atoms with Gasteiger partial charge in [-0.05, 0) is 0 Å². The van der Waals surface area contributed by atoms with Crippen molar-refractivity contribution < 1.29 is 78.1 Å². The minimum absolute atomic E-state index is 0. The summed E-state index contributed by atoms with van der Waals surface area (Å²) >= 11 is 0.333. The Labute approximate surface area is 77.2 Å². The quantitative estimate of drug-likeness (QED) is 0.509. The molecule has 0 heterocycles. The van der Waals surface area contributed by atoms with Gasteiger partial charge < -0.3 is 0 Å². The van der Waals surface area contributed by atoms with Crippen molar-refractivity contribution in [2.24, 2.45) is 0 Å². The van der Waals surface area contributed by atoms with E-state index in [-0.39, 0.29) is 54.9 Å². The van der Waals surface area contributed by atoms with Gasteiger partial charge in [-0.3, -0.25) is 0 Å². The van der Waals surface area contributed by atoms with Crippen LogP contribution in [0.1, 0.15) is 0 Å². The van der Waals surface area contributed by atoms with Crippen molar-refractivity contribution in [3.05, 3.63) is 0 Å². The van der Waals surface area contributed by atoms with Gasteiger partial charge in [-0.15, -0.1) is 0 Å². The zero-order chi connectivity index (χ0) is 2.00. The van der Waals surface area contributed by atoms with E-state index in [1.165, 1.54) is 0 Å². The molecular formula is CoFeMoOW. The SMILES string of the molecule is [Co].[Fe].[Mo].[O]=[W]. The summed E-state index contributed by atoms with van der Waals surface area (Å²) in [6.07, 6.45) is 0. The van der Waals surface area contributed by atoms with Gasteiger partial charge in [0.25, 0.3) is 0 Å². The third-order valence-corrected chi connectivity index (χ3v) is 0. The molecule has 0 N–H and O–H groups in total. The van der Waals surface area contributed by atoms with Crippen LogP contribution in [0.4, 0.5) is 0 Å². The van der Waals surface area contributed by atoms with Gasteiger partial charge in [0.05, 0.1) is 0 Å².